The van der Waals surface area contributed by atoms with Crippen molar-refractivity contribution >= 4 is 28.6 Å². The topological polar surface area (TPSA) is 114 Å². The van der Waals surface area contributed by atoms with E-state index < -0.39 is 6.04 Å². The predicted molar refractivity (Wildman–Crippen MR) is 181 cm³/mol. The Kier molecular flexibility index (Phi) is 11.6. The van der Waals surface area contributed by atoms with Gasteiger partial charge in [-0.1, -0.05) is 91.0 Å². The number of carbonyl (C=O) groups excluding carboxylic acids is 3. The van der Waals surface area contributed by atoms with Gasteiger partial charge < -0.3 is 25.4 Å². The van der Waals surface area contributed by atoms with Gasteiger partial charge in [0.05, 0.1) is 19.7 Å². The maximum absolute atomic E-state index is 14.3. The Bertz CT molecular complexity index is 1660. The molecular weight excluding hydrogens is 594 g/mol. The van der Waals surface area contributed by atoms with Crippen LogP contribution in [0.25, 0.3) is 10.8 Å². The first-order valence-electron chi connectivity index (χ1n) is 15.8. The summed E-state index contributed by atoms with van der Waals surface area (Å²) in [5.74, 6) is 0.0226. The first kappa shape index (κ1) is 33.2. The number of benzene rings is 4. The summed E-state index contributed by atoms with van der Waals surface area (Å²) < 4.78 is 5.48. The third-order valence-electron chi connectivity index (χ3n) is 8.03. The van der Waals surface area contributed by atoms with Crippen LogP contribution in [0.5, 0.6) is 5.75 Å². The van der Waals surface area contributed by atoms with Gasteiger partial charge in [-0.15, -0.1) is 6.58 Å². The van der Waals surface area contributed by atoms with E-state index in [1.165, 1.54) is 5.01 Å². The number of ether oxygens (including phenoxy) is 1. The fourth-order valence-electron chi connectivity index (χ4n) is 5.69. The first-order valence-corrected chi connectivity index (χ1v) is 15.8. The Morgan fingerprint density at radius 3 is 2.47 bits per heavy atom. The number of carbonyl (C=O) groups is 3. The molecule has 4 aromatic carbocycles. The van der Waals surface area contributed by atoms with Crippen LogP contribution in [0, 0.1) is 0 Å². The van der Waals surface area contributed by atoms with Crippen LogP contribution in [0.2, 0.25) is 0 Å². The molecule has 1 aliphatic heterocycles. The summed E-state index contributed by atoms with van der Waals surface area (Å²) in [5, 5.41) is 20.2. The van der Waals surface area contributed by atoms with E-state index in [2.05, 4.69) is 17.2 Å². The fourth-order valence-corrected chi connectivity index (χ4v) is 5.69. The van der Waals surface area contributed by atoms with Crippen molar-refractivity contribution in [1.29, 1.82) is 0 Å². The minimum Gasteiger partial charge on any atom is -0.491 e. The number of hydrogen-bond acceptors (Lipinski definition) is 6. The van der Waals surface area contributed by atoms with Crippen LogP contribution in [0.1, 0.15) is 16.7 Å². The van der Waals surface area contributed by atoms with Gasteiger partial charge in [0.2, 0.25) is 11.8 Å². The Hall–Kier alpha value is -5.19. The van der Waals surface area contributed by atoms with E-state index in [1.54, 1.807) is 28.1 Å². The number of rotatable bonds is 12. The minimum atomic E-state index is -0.832. The van der Waals surface area contributed by atoms with Crippen molar-refractivity contribution in [1.82, 2.24) is 25.6 Å². The summed E-state index contributed by atoms with van der Waals surface area (Å²) in [6, 6.07) is 29.7. The number of hydrogen-bond donors (Lipinski definition) is 3. The molecule has 1 saturated heterocycles. The Labute approximate surface area is 275 Å². The lowest BCUT2D eigenvalue weighted by atomic mass is 10.0. The minimum absolute atomic E-state index is 0.0905. The lowest BCUT2D eigenvalue weighted by Crippen LogP contribution is -2.54. The average molecular weight is 636 g/mol. The molecule has 0 saturated carbocycles. The molecule has 4 aromatic rings. The molecular formula is C37H41N5O5. The van der Waals surface area contributed by atoms with Crippen LogP contribution < -0.4 is 15.4 Å². The number of fused-ring (bicyclic) bond motifs is 1. The molecule has 0 radical (unpaired) electrons. The summed E-state index contributed by atoms with van der Waals surface area (Å²) in [7, 11) is 0. The second kappa shape index (κ2) is 16.4. The van der Waals surface area contributed by atoms with Crippen LogP contribution in [-0.2, 0) is 29.1 Å². The van der Waals surface area contributed by atoms with Crippen molar-refractivity contribution in [2.45, 2.75) is 25.6 Å². The van der Waals surface area contributed by atoms with Gasteiger partial charge in [0.15, 0.2) is 0 Å². The zero-order valence-corrected chi connectivity index (χ0v) is 26.4. The van der Waals surface area contributed by atoms with Gasteiger partial charge >= 0.3 is 6.03 Å². The van der Waals surface area contributed by atoms with Gasteiger partial charge in [-0.25, -0.2) is 9.80 Å². The average Bonchev–Trinajstić information content (AvgIpc) is 3.15. The molecule has 1 atom stereocenters. The summed E-state index contributed by atoms with van der Waals surface area (Å²) in [6.07, 6.45) is 1.88. The summed E-state index contributed by atoms with van der Waals surface area (Å²) in [5.41, 5.74) is 2.78. The van der Waals surface area contributed by atoms with Crippen molar-refractivity contribution in [3.05, 3.63) is 126 Å². The molecule has 4 amide bonds. The van der Waals surface area contributed by atoms with E-state index >= 15 is 0 Å². The molecule has 1 aliphatic rings. The number of aliphatic hydroxyl groups is 1. The van der Waals surface area contributed by atoms with Gasteiger partial charge in [-0.2, -0.15) is 0 Å². The molecule has 0 spiro atoms. The monoisotopic (exact) mass is 635 g/mol. The number of amides is 4. The molecule has 0 unspecified atom stereocenters. The van der Waals surface area contributed by atoms with Gasteiger partial charge in [0.25, 0.3) is 0 Å². The zero-order chi connectivity index (χ0) is 33.0. The Balaban J connectivity index is 1.41. The largest absolute Gasteiger partial charge is 0.491 e. The molecule has 0 bridgehead atoms. The Morgan fingerprint density at radius 1 is 0.957 bits per heavy atom. The number of nitrogens with one attached hydrogen (secondary N) is 2. The number of hydrazine groups is 1. The predicted octanol–water partition coefficient (Wildman–Crippen LogP) is 3.90. The summed E-state index contributed by atoms with van der Waals surface area (Å²) >= 11 is 0. The van der Waals surface area contributed by atoms with E-state index in [1.807, 2.05) is 84.9 Å². The van der Waals surface area contributed by atoms with E-state index in [9.17, 15) is 14.4 Å². The van der Waals surface area contributed by atoms with Crippen LogP contribution in [0.3, 0.4) is 0 Å². The van der Waals surface area contributed by atoms with Crippen molar-refractivity contribution < 1.29 is 24.2 Å². The maximum Gasteiger partial charge on any atom is 0.332 e. The second-order valence-electron chi connectivity index (χ2n) is 11.3. The third-order valence-corrected chi connectivity index (χ3v) is 8.03. The van der Waals surface area contributed by atoms with Crippen molar-refractivity contribution in [3.63, 3.8) is 0 Å². The lowest BCUT2D eigenvalue weighted by molar-refractivity contribution is -0.136. The van der Waals surface area contributed by atoms with Crippen molar-refractivity contribution in [3.8, 4) is 5.75 Å². The number of aliphatic hydroxyl groups excluding tert-OH is 1. The third kappa shape index (κ3) is 8.96. The van der Waals surface area contributed by atoms with Crippen LogP contribution in [-0.4, -0.2) is 83.3 Å². The molecule has 1 fully saturated rings. The molecule has 3 N–H and O–H groups in total. The highest BCUT2D eigenvalue weighted by atomic mass is 16.5. The van der Waals surface area contributed by atoms with Crippen LogP contribution >= 0.6 is 0 Å². The maximum atomic E-state index is 14.3. The van der Waals surface area contributed by atoms with Gasteiger partial charge in [0.1, 0.15) is 18.4 Å². The van der Waals surface area contributed by atoms with E-state index in [0.717, 1.165) is 27.5 Å². The summed E-state index contributed by atoms with van der Waals surface area (Å²) in [4.78, 5) is 43.0. The van der Waals surface area contributed by atoms with Crippen LogP contribution in [0.4, 0.5) is 4.79 Å². The summed E-state index contributed by atoms with van der Waals surface area (Å²) in [6.45, 7) is 5.17. The molecule has 0 aromatic heterocycles. The lowest BCUT2D eigenvalue weighted by Gasteiger charge is -2.34. The molecule has 5 rings (SSSR count). The van der Waals surface area contributed by atoms with Gasteiger partial charge in [-0.05, 0) is 39.6 Å². The number of urea groups is 1. The van der Waals surface area contributed by atoms with E-state index in [-0.39, 0.29) is 63.7 Å². The fraction of sp³-hybridized carbons (Fsp3) is 0.270. The smallest absolute Gasteiger partial charge is 0.332 e. The van der Waals surface area contributed by atoms with E-state index in [0.29, 0.717) is 18.8 Å². The highest BCUT2D eigenvalue weighted by molar-refractivity contribution is 5.90. The quantitative estimate of drug-likeness (QED) is 0.204. The highest BCUT2D eigenvalue weighted by Crippen LogP contribution is 2.22. The molecule has 0 aliphatic carbocycles. The number of nitrogens with zero attached hydrogens (tertiary/aromatic N) is 3. The first-order chi connectivity index (χ1) is 22.9. The SMILES string of the molecule is C=CCN(C(=O)NCc1ccccc1)N1CCN(Cc2cccc3ccccc23)C(=O)[C@H](Cc2ccc(OCCO)cc2)NC(=O)C1. The standard InChI is InChI=1S/C37H41N5O5/c1-2-19-42(37(46)38-25-29-9-4-3-5-10-29)41-21-20-40(26-31-13-8-12-30-11-6-7-14-33(30)31)36(45)34(39-35(44)27-41)24-28-15-17-32(18-16-28)47-23-22-43/h2-18,34,43H,1,19-27H2,(H,38,46)(H,39,44)/t34-/m0/s1. The van der Waals surface area contributed by atoms with Gasteiger partial charge in [-0.3, -0.25) is 14.6 Å². The highest BCUT2D eigenvalue weighted by Gasteiger charge is 2.32. The molecule has 10 nitrogen and oxygen atoms in total. The van der Waals surface area contributed by atoms with Gasteiger partial charge in [0, 0.05) is 32.6 Å². The van der Waals surface area contributed by atoms with Crippen LogP contribution in [0.15, 0.2) is 110 Å². The molecule has 244 valence electrons. The normalized spacial score (nSPS) is 15.7. The molecule has 47 heavy (non-hydrogen) atoms. The Morgan fingerprint density at radius 2 is 1.70 bits per heavy atom. The van der Waals surface area contributed by atoms with Crippen molar-refractivity contribution in [2.24, 2.45) is 0 Å². The second-order valence-corrected chi connectivity index (χ2v) is 11.3. The van der Waals surface area contributed by atoms with Crippen molar-refractivity contribution in [2.75, 3.05) is 39.4 Å². The molecule has 10 heteroatoms. The van der Waals surface area contributed by atoms with E-state index in [4.69, 9.17) is 9.84 Å². The zero-order valence-electron chi connectivity index (χ0n) is 26.4. The molecule has 1 heterocycles.